The quantitative estimate of drug-likeness (QED) is 0.655. The molecule has 3 rings (SSSR count). The topological polar surface area (TPSA) is 49.0 Å². The van der Waals surface area contributed by atoms with Crippen molar-refractivity contribution in [3.05, 3.63) is 35.0 Å². The second kappa shape index (κ2) is 7.27. The summed E-state index contributed by atoms with van der Waals surface area (Å²) in [6, 6.07) is 4.71. The minimum Gasteiger partial charge on any atom is -0.386 e. The van der Waals surface area contributed by atoms with Gasteiger partial charge in [0, 0.05) is 7.05 Å². The van der Waals surface area contributed by atoms with Gasteiger partial charge in [-0.15, -0.1) is 11.3 Å². The summed E-state index contributed by atoms with van der Waals surface area (Å²) in [5.41, 5.74) is 6.88. The summed E-state index contributed by atoms with van der Waals surface area (Å²) in [6.45, 7) is 2.14. The molecule has 0 radical (unpaired) electrons. The molecule has 0 saturated carbocycles. The van der Waals surface area contributed by atoms with Crippen molar-refractivity contribution in [2.75, 3.05) is 23.0 Å². The van der Waals surface area contributed by atoms with E-state index in [9.17, 15) is 0 Å². The molecule has 3 N–H and O–H groups in total. The van der Waals surface area contributed by atoms with Gasteiger partial charge in [0.25, 0.3) is 0 Å². The Kier molecular flexibility index (Phi) is 5.13. The van der Waals surface area contributed by atoms with Crippen molar-refractivity contribution < 1.29 is 0 Å². The molecule has 1 aromatic carbocycles. The summed E-state index contributed by atoms with van der Waals surface area (Å²) in [5.74, 6) is 0. The molecule has 1 aliphatic carbocycles. The summed E-state index contributed by atoms with van der Waals surface area (Å²) in [5, 5.41) is 11.5. The fraction of sp³-hybridized carbons (Fsp3) is 0.412. The zero-order valence-corrected chi connectivity index (χ0v) is 15.1. The Bertz CT molecular complexity index is 682. The van der Waals surface area contributed by atoms with E-state index in [-0.39, 0.29) is 0 Å². The molecule has 0 fully saturated rings. The van der Waals surface area contributed by atoms with Gasteiger partial charge in [0.15, 0.2) is 0 Å². The molecule has 1 unspecified atom stereocenters. The zero-order chi connectivity index (χ0) is 16.2. The molecule has 0 amide bonds. The Morgan fingerprint density at radius 2 is 2.30 bits per heavy atom. The zero-order valence-electron chi connectivity index (χ0n) is 13.5. The number of anilines is 3. The summed E-state index contributed by atoms with van der Waals surface area (Å²) in [6.07, 6.45) is 6.04. The van der Waals surface area contributed by atoms with Crippen LogP contribution in [0.3, 0.4) is 0 Å². The Balaban J connectivity index is 1.84. The van der Waals surface area contributed by atoms with Crippen LogP contribution >= 0.6 is 23.6 Å². The van der Waals surface area contributed by atoms with Crippen LogP contribution in [0.15, 0.2) is 23.8 Å². The molecule has 1 atom stereocenters. The third-order valence-electron chi connectivity index (χ3n) is 4.16. The van der Waals surface area contributed by atoms with E-state index in [0.717, 1.165) is 41.4 Å². The van der Waals surface area contributed by atoms with Gasteiger partial charge < -0.3 is 16.0 Å². The van der Waals surface area contributed by atoms with E-state index < -0.39 is 0 Å². The van der Waals surface area contributed by atoms with E-state index >= 15 is 0 Å². The van der Waals surface area contributed by atoms with E-state index in [1.807, 2.05) is 18.8 Å². The third kappa shape index (κ3) is 3.48. The van der Waals surface area contributed by atoms with Crippen molar-refractivity contribution in [3.8, 4) is 0 Å². The predicted molar refractivity (Wildman–Crippen MR) is 104 cm³/mol. The van der Waals surface area contributed by atoms with Gasteiger partial charge in [-0.1, -0.05) is 25.2 Å². The summed E-state index contributed by atoms with van der Waals surface area (Å²) in [7, 11) is 1.98. The van der Waals surface area contributed by atoms with Crippen molar-refractivity contribution in [2.24, 2.45) is 0 Å². The van der Waals surface area contributed by atoms with Crippen molar-refractivity contribution in [1.82, 2.24) is 4.98 Å². The van der Waals surface area contributed by atoms with Crippen LogP contribution in [0.2, 0.25) is 0 Å². The lowest BCUT2D eigenvalue weighted by atomic mass is 10.0. The lowest BCUT2D eigenvalue weighted by Gasteiger charge is -2.18. The largest absolute Gasteiger partial charge is 0.386 e. The average Bonchev–Trinajstić information content (AvgIpc) is 3.18. The maximum absolute atomic E-state index is 5.41. The van der Waals surface area contributed by atoms with Crippen LogP contribution in [0.4, 0.5) is 16.4 Å². The van der Waals surface area contributed by atoms with Gasteiger partial charge in [-0.2, -0.15) is 0 Å². The molecule has 6 heteroatoms. The fourth-order valence-electron chi connectivity index (χ4n) is 3.14. The molecule has 0 aliphatic heterocycles. The van der Waals surface area contributed by atoms with Crippen LogP contribution in [-0.4, -0.2) is 17.0 Å². The van der Waals surface area contributed by atoms with Crippen molar-refractivity contribution in [3.63, 3.8) is 0 Å². The molecular weight excluding hydrogens is 324 g/mol. The van der Waals surface area contributed by atoms with E-state index in [2.05, 4.69) is 40.0 Å². The van der Waals surface area contributed by atoms with Crippen molar-refractivity contribution in [1.29, 1.82) is 0 Å². The number of nitrogens with zero attached hydrogens (tertiary/aromatic N) is 1. The monoisotopic (exact) mass is 346 g/mol. The highest BCUT2D eigenvalue weighted by Crippen LogP contribution is 2.41. The smallest absolute Gasteiger partial charge is 0.109 e. The van der Waals surface area contributed by atoms with E-state index in [4.69, 9.17) is 12.2 Å². The first-order chi connectivity index (χ1) is 11.2. The summed E-state index contributed by atoms with van der Waals surface area (Å²) >= 11 is 7.06. The van der Waals surface area contributed by atoms with Crippen LogP contribution < -0.4 is 16.0 Å². The molecule has 1 aromatic heterocycles. The minimum atomic E-state index is 0.356. The number of rotatable bonds is 6. The normalized spacial score (nSPS) is 16.0. The lowest BCUT2D eigenvalue weighted by Crippen LogP contribution is -2.12. The highest BCUT2D eigenvalue weighted by atomic mass is 32.1. The second-order valence-electron chi connectivity index (χ2n) is 5.71. The van der Waals surface area contributed by atoms with Crippen LogP contribution in [0.25, 0.3) is 0 Å². The highest BCUT2D eigenvalue weighted by Gasteiger charge is 2.26. The summed E-state index contributed by atoms with van der Waals surface area (Å²) < 4.78 is 0. The van der Waals surface area contributed by atoms with Crippen LogP contribution in [-0.2, 0) is 6.42 Å². The van der Waals surface area contributed by atoms with Crippen LogP contribution in [0.5, 0.6) is 0 Å². The molecule has 2 aromatic rings. The number of hydrogen-bond donors (Lipinski definition) is 3. The Hall–Kier alpha value is -1.66. The Morgan fingerprint density at radius 3 is 3.00 bits per heavy atom. The number of hydrogen-bond acceptors (Lipinski definition) is 5. The average molecular weight is 347 g/mol. The molecular formula is C17H22N4S2. The first kappa shape index (κ1) is 16.2. The highest BCUT2D eigenvalue weighted by molar-refractivity contribution is 7.80. The maximum atomic E-state index is 5.41. The molecule has 0 saturated heterocycles. The Labute approximate surface area is 146 Å². The molecule has 1 aliphatic rings. The van der Waals surface area contributed by atoms with Crippen molar-refractivity contribution in [2.45, 2.75) is 38.6 Å². The third-order valence-corrected chi connectivity index (χ3v) is 5.17. The number of thiocarbonyl (C=S) groups is 1. The first-order valence-corrected chi connectivity index (χ1v) is 9.30. The SMILES string of the molecule is CCCC(=S)Nc1ccc2c(c1NC)CCC2Nc1cncs1. The number of fused-ring (bicyclic) bond motifs is 1. The van der Waals surface area contributed by atoms with Crippen LogP contribution in [0.1, 0.15) is 43.4 Å². The van der Waals surface area contributed by atoms with Gasteiger partial charge >= 0.3 is 0 Å². The van der Waals surface area contributed by atoms with Gasteiger partial charge in [-0.25, -0.2) is 0 Å². The van der Waals surface area contributed by atoms with E-state index in [1.54, 1.807) is 11.3 Å². The van der Waals surface area contributed by atoms with Gasteiger partial charge in [0.1, 0.15) is 5.00 Å². The second-order valence-corrected chi connectivity index (χ2v) is 7.08. The number of aromatic nitrogens is 1. The molecule has 4 nitrogen and oxygen atoms in total. The fourth-order valence-corrected chi connectivity index (χ4v) is 4.02. The van der Waals surface area contributed by atoms with Gasteiger partial charge in [-0.3, -0.25) is 4.98 Å². The van der Waals surface area contributed by atoms with Crippen LogP contribution in [0, 0.1) is 0 Å². The number of thiazole rings is 1. The molecule has 0 bridgehead atoms. The van der Waals surface area contributed by atoms with Crippen molar-refractivity contribution >= 4 is 44.9 Å². The molecule has 122 valence electrons. The molecule has 0 spiro atoms. The Morgan fingerprint density at radius 1 is 1.43 bits per heavy atom. The minimum absolute atomic E-state index is 0.356. The van der Waals surface area contributed by atoms with Gasteiger partial charge in [0.05, 0.1) is 34.1 Å². The number of benzene rings is 1. The summed E-state index contributed by atoms with van der Waals surface area (Å²) in [4.78, 5) is 5.04. The predicted octanol–water partition coefficient (Wildman–Crippen LogP) is 4.82. The van der Waals surface area contributed by atoms with E-state index in [1.165, 1.54) is 16.8 Å². The first-order valence-electron chi connectivity index (χ1n) is 8.01. The lowest BCUT2D eigenvalue weighted by molar-refractivity contribution is 0.764. The number of nitrogens with one attached hydrogen (secondary N) is 3. The standard InChI is InChI=1S/C17H22N4S2/c1-3-4-15(22)20-14-8-5-11-12(17(14)18-2)6-7-13(11)21-16-9-19-10-23-16/h5,8-10,13,18,21H,3-4,6-7H2,1-2H3,(H,20,22). The van der Waals surface area contributed by atoms with Gasteiger partial charge in [-0.05, 0) is 42.9 Å². The maximum Gasteiger partial charge on any atom is 0.109 e. The molecule has 23 heavy (non-hydrogen) atoms. The van der Waals surface area contributed by atoms with Gasteiger partial charge in [0.2, 0.25) is 0 Å². The van der Waals surface area contributed by atoms with E-state index in [0.29, 0.717) is 6.04 Å². The molecule has 1 heterocycles.